The Bertz CT molecular complexity index is 909. The third kappa shape index (κ3) is 3.78. The lowest BCUT2D eigenvalue weighted by Crippen LogP contribution is -2.21. The molecule has 0 fully saturated rings. The van der Waals surface area contributed by atoms with Crippen molar-refractivity contribution in [1.82, 2.24) is 4.90 Å². The molecule has 2 aliphatic rings. The molecule has 6 nitrogen and oxygen atoms in total. The van der Waals surface area contributed by atoms with Crippen LogP contribution in [0.5, 0.6) is 11.5 Å². The van der Waals surface area contributed by atoms with Crippen LogP contribution in [0.2, 0.25) is 0 Å². The molecule has 0 spiro atoms. The Kier molecular flexibility index (Phi) is 5.02. The summed E-state index contributed by atoms with van der Waals surface area (Å²) in [6.45, 7) is 1.68. The largest absolute Gasteiger partial charge is 0.493 e. The Morgan fingerprint density at radius 3 is 2.74 bits per heavy atom. The molecule has 0 radical (unpaired) electrons. The third-order valence-electron chi connectivity index (χ3n) is 4.26. The fourth-order valence-corrected chi connectivity index (χ4v) is 3.91. The van der Waals surface area contributed by atoms with Gasteiger partial charge in [-0.1, -0.05) is 36.0 Å². The lowest BCUT2D eigenvalue weighted by Gasteiger charge is -2.17. The van der Waals surface area contributed by atoms with Gasteiger partial charge in [0.25, 0.3) is 5.91 Å². The fraction of sp³-hybridized carbons (Fsp3) is 0.200. The minimum atomic E-state index is -0.224. The minimum absolute atomic E-state index is 0.0858. The Morgan fingerprint density at radius 2 is 1.96 bits per heavy atom. The van der Waals surface area contributed by atoms with Crippen molar-refractivity contribution < 1.29 is 14.3 Å². The van der Waals surface area contributed by atoms with Crippen molar-refractivity contribution >= 4 is 34.2 Å². The highest BCUT2D eigenvalue weighted by Gasteiger charge is 2.26. The minimum Gasteiger partial charge on any atom is -0.493 e. The van der Waals surface area contributed by atoms with Crippen LogP contribution in [0.15, 0.2) is 58.9 Å². The number of ether oxygens (including phenoxy) is 2. The summed E-state index contributed by atoms with van der Waals surface area (Å²) in [4.78, 5) is 18.8. The van der Waals surface area contributed by atoms with Crippen LogP contribution < -0.4 is 14.8 Å². The zero-order chi connectivity index (χ0) is 18.6. The number of amides is 1. The van der Waals surface area contributed by atoms with Crippen molar-refractivity contribution in [2.75, 3.05) is 32.1 Å². The first kappa shape index (κ1) is 17.5. The second kappa shape index (κ2) is 7.75. The summed E-state index contributed by atoms with van der Waals surface area (Å²) in [6, 6.07) is 15.0. The van der Waals surface area contributed by atoms with E-state index in [1.54, 1.807) is 31.0 Å². The molecule has 0 saturated heterocycles. The van der Waals surface area contributed by atoms with Crippen molar-refractivity contribution in [3.63, 3.8) is 0 Å². The van der Waals surface area contributed by atoms with Crippen molar-refractivity contribution in [2.24, 2.45) is 4.99 Å². The summed E-state index contributed by atoms with van der Waals surface area (Å²) >= 11 is 1.66. The molecule has 2 heterocycles. The van der Waals surface area contributed by atoms with Crippen LogP contribution in [0, 0.1) is 0 Å². The molecule has 0 aliphatic carbocycles. The Labute approximate surface area is 161 Å². The normalized spacial score (nSPS) is 15.1. The summed E-state index contributed by atoms with van der Waals surface area (Å²) in [5.74, 6) is 0.916. The van der Waals surface area contributed by atoms with E-state index in [0.29, 0.717) is 11.5 Å². The van der Waals surface area contributed by atoms with Gasteiger partial charge in [-0.15, -0.1) is 0 Å². The summed E-state index contributed by atoms with van der Waals surface area (Å²) in [5, 5.41) is 6.03. The van der Waals surface area contributed by atoms with Gasteiger partial charge in [0.2, 0.25) is 0 Å². The van der Waals surface area contributed by atoms with E-state index < -0.39 is 0 Å². The van der Waals surface area contributed by atoms with E-state index in [1.165, 1.54) is 0 Å². The van der Waals surface area contributed by atoms with E-state index in [4.69, 9.17) is 9.47 Å². The number of hydrogen-bond donors (Lipinski definition) is 1. The highest BCUT2D eigenvalue weighted by molar-refractivity contribution is 8.16. The van der Waals surface area contributed by atoms with Crippen LogP contribution in [0.3, 0.4) is 0 Å². The first-order chi connectivity index (χ1) is 13.2. The number of amidine groups is 1. The molecule has 4 rings (SSSR count). The van der Waals surface area contributed by atoms with Gasteiger partial charge in [0, 0.05) is 17.6 Å². The number of para-hydroxylation sites is 2. The number of carbonyl (C=O) groups is 1. The van der Waals surface area contributed by atoms with Crippen LogP contribution in [-0.2, 0) is 4.79 Å². The van der Waals surface area contributed by atoms with Crippen LogP contribution in [0.4, 0.5) is 5.69 Å². The highest BCUT2D eigenvalue weighted by atomic mass is 32.2. The number of anilines is 1. The van der Waals surface area contributed by atoms with Crippen LogP contribution in [-0.4, -0.2) is 42.8 Å². The number of benzene rings is 2. The molecule has 0 bridgehead atoms. The number of carbonyl (C=O) groups excluding carboxylic acids is 1. The molecule has 138 valence electrons. The van der Waals surface area contributed by atoms with Gasteiger partial charge in [0.1, 0.15) is 0 Å². The Balaban J connectivity index is 1.34. The summed E-state index contributed by atoms with van der Waals surface area (Å²) in [5.41, 5.74) is 3.00. The van der Waals surface area contributed by atoms with E-state index in [2.05, 4.69) is 20.6 Å². The molecule has 2 aliphatic heterocycles. The summed E-state index contributed by atoms with van der Waals surface area (Å²) in [7, 11) is 1.57. The molecule has 0 unspecified atom stereocenters. The third-order valence-corrected chi connectivity index (χ3v) is 5.16. The summed E-state index contributed by atoms with van der Waals surface area (Å²) < 4.78 is 10.8. The zero-order valence-electron chi connectivity index (χ0n) is 14.8. The van der Waals surface area contributed by atoms with Gasteiger partial charge >= 0.3 is 0 Å². The summed E-state index contributed by atoms with van der Waals surface area (Å²) in [6.07, 6.45) is 0. The van der Waals surface area contributed by atoms with Gasteiger partial charge in [-0.2, -0.15) is 0 Å². The SMILES string of the molecule is COc1ccccc1OCC(=O)Nc1ccc(C2=CSC3=NCCN23)cc1. The molecule has 1 N–H and O–H groups in total. The van der Waals surface area contributed by atoms with Crippen LogP contribution in [0.25, 0.3) is 5.70 Å². The zero-order valence-corrected chi connectivity index (χ0v) is 15.7. The van der Waals surface area contributed by atoms with E-state index in [0.717, 1.165) is 35.2 Å². The monoisotopic (exact) mass is 381 g/mol. The average molecular weight is 381 g/mol. The van der Waals surface area contributed by atoms with Crippen molar-refractivity contribution in [1.29, 1.82) is 0 Å². The molecule has 2 aromatic carbocycles. The maximum absolute atomic E-state index is 12.2. The smallest absolute Gasteiger partial charge is 0.262 e. The van der Waals surface area contributed by atoms with E-state index in [1.807, 2.05) is 36.4 Å². The number of fused-ring (bicyclic) bond motifs is 1. The Morgan fingerprint density at radius 1 is 1.19 bits per heavy atom. The first-order valence-corrected chi connectivity index (χ1v) is 9.47. The number of nitrogens with one attached hydrogen (secondary N) is 1. The van der Waals surface area contributed by atoms with Crippen LogP contribution >= 0.6 is 11.8 Å². The molecule has 0 saturated carbocycles. The standard InChI is InChI=1S/C20H19N3O3S/c1-25-17-4-2-3-5-18(17)26-12-19(24)22-15-8-6-14(7-9-15)16-13-27-20-21-10-11-23(16)20/h2-9,13H,10-12H2,1H3,(H,22,24). The number of rotatable bonds is 6. The highest BCUT2D eigenvalue weighted by Crippen LogP contribution is 2.35. The topological polar surface area (TPSA) is 63.2 Å². The van der Waals surface area contributed by atoms with Gasteiger partial charge in [0.05, 0.1) is 19.4 Å². The van der Waals surface area contributed by atoms with Gasteiger partial charge in [-0.3, -0.25) is 9.79 Å². The quantitative estimate of drug-likeness (QED) is 0.831. The predicted molar refractivity (Wildman–Crippen MR) is 108 cm³/mol. The van der Waals surface area contributed by atoms with Gasteiger partial charge in [-0.05, 0) is 29.8 Å². The maximum atomic E-state index is 12.2. The van der Waals surface area contributed by atoms with Crippen molar-refractivity contribution in [2.45, 2.75) is 0 Å². The van der Waals surface area contributed by atoms with Gasteiger partial charge in [0.15, 0.2) is 23.3 Å². The van der Waals surface area contributed by atoms with Crippen molar-refractivity contribution in [3.8, 4) is 11.5 Å². The van der Waals surface area contributed by atoms with E-state index >= 15 is 0 Å². The van der Waals surface area contributed by atoms with Crippen LogP contribution in [0.1, 0.15) is 5.56 Å². The number of hydrogen-bond acceptors (Lipinski definition) is 6. The number of methoxy groups -OCH3 is 1. The van der Waals surface area contributed by atoms with Crippen molar-refractivity contribution in [3.05, 3.63) is 59.5 Å². The van der Waals surface area contributed by atoms with E-state index in [9.17, 15) is 4.79 Å². The predicted octanol–water partition coefficient (Wildman–Crippen LogP) is 3.43. The molecule has 27 heavy (non-hydrogen) atoms. The molecule has 0 atom stereocenters. The maximum Gasteiger partial charge on any atom is 0.262 e. The Hall–Kier alpha value is -2.93. The fourth-order valence-electron chi connectivity index (χ4n) is 2.95. The van der Waals surface area contributed by atoms with Gasteiger partial charge in [-0.25, -0.2) is 0 Å². The van der Waals surface area contributed by atoms with E-state index in [-0.39, 0.29) is 12.5 Å². The number of aliphatic imine (C=N–C) groups is 1. The molecule has 1 amide bonds. The lowest BCUT2D eigenvalue weighted by atomic mass is 10.1. The number of nitrogens with zero attached hydrogens (tertiary/aromatic N) is 2. The number of thioether (sulfide) groups is 1. The first-order valence-electron chi connectivity index (χ1n) is 8.59. The second-order valence-electron chi connectivity index (χ2n) is 6.00. The second-order valence-corrected chi connectivity index (χ2v) is 6.84. The molecule has 0 aromatic heterocycles. The molecular formula is C20H19N3O3S. The lowest BCUT2D eigenvalue weighted by molar-refractivity contribution is -0.118. The van der Waals surface area contributed by atoms with Gasteiger partial charge < -0.3 is 19.7 Å². The molecule has 2 aromatic rings. The average Bonchev–Trinajstić information content (AvgIpc) is 3.31. The molecular weight excluding hydrogens is 362 g/mol. The molecule has 7 heteroatoms.